The van der Waals surface area contributed by atoms with Crippen LogP contribution in [0.1, 0.15) is 5.56 Å². The lowest BCUT2D eigenvalue weighted by Gasteiger charge is -2.00. The van der Waals surface area contributed by atoms with E-state index in [2.05, 4.69) is 10.2 Å². The monoisotopic (exact) mass is 194 g/mol. The Bertz CT molecular complexity index is 445. The summed E-state index contributed by atoms with van der Waals surface area (Å²) >= 11 is 5.82. The maximum Gasteiger partial charge on any atom is 0.159 e. The summed E-state index contributed by atoms with van der Waals surface area (Å²) in [6.07, 6.45) is 1.63. The van der Waals surface area contributed by atoms with Gasteiger partial charge in [0.2, 0.25) is 0 Å². The van der Waals surface area contributed by atoms with E-state index < -0.39 is 0 Å². The molecule has 13 heavy (non-hydrogen) atoms. The summed E-state index contributed by atoms with van der Waals surface area (Å²) in [6.45, 7) is 0.0237. The molecule has 0 atom stereocenters. The highest BCUT2D eigenvalue weighted by Crippen LogP contribution is 2.20. The molecule has 0 unspecified atom stereocenters. The van der Waals surface area contributed by atoms with Crippen LogP contribution >= 0.6 is 11.6 Å². The van der Waals surface area contributed by atoms with Gasteiger partial charge in [-0.2, -0.15) is 5.10 Å². The Kier molecular flexibility index (Phi) is 2.12. The Hall–Kier alpha value is -1.19. The lowest BCUT2D eigenvalue weighted by molar-refractivity contribution is 0.282. The number of aliphatic hydroxyl groups is 1. The Morgan fingerprint density at radius 3 is 3.00 bits per heavy atom. The van der Waals surface area contributed by atoms with Gasteiger partial charge in [-0.25, -0.2) is 0 Å². The van der Waals surface area contributed by atoms with Crippen molar-refractivity contribution in [2.75, 3.05) is 0 Å². The van der Waals surface area contributed by atoms with Crippen LogP contribution < -0.4 is 0 Å². The molecule has 1 N–H and O–H groups in total. The largest absolute Gasteiger partial charge is 0.392 e. The number of aromatic nitrogens is 2. The Labute approximate surface area is 80.0 Å². The summed E-state index contributed by atoms with van der Waals surface area (Å²) in [5, 5.41) is 18.5. The average molecular weight is 195 g/mol. The molecule has 0 fully saturated rings. The number of nitrogens with zero attached hydrogens (tertiary/aromatic N) is 2. The molecule has 0 aliphatic carbocycles. The molecule has 0 amide bonds. The number of hydrogen-bond donors (Lipinski definition) is 1. The summed E-state index contributed by atoms with van der Waals surface area (Å²) in [5.74, 6) is 0. The third-order valence-electron chi connectivity index (χ3n) is 1.86. The molecule has 1 aromatic carbocycles. The van der Waals surface area contributed by atoms with Gasteiger partial charge in [0.15, 0.2) is 5.15 Å². The van der Waals surface area contributed by atoms with Gasteiger partial charge in [-0.3, -0.25) is 0 Å². The second kappa shape index (κ2) is 3.28. The predicted molar refractivity (Wildman–Crippen MR) is 50.5 cm³/mol. The third-order valence-corrected chi connectivity index (χ3v) is 2.14. The van der Waals surface area contributed by atoms with E-state index in [1.807, 2.05) is 18.2 Å². The molecule has 0 radical (unpaired) electrons. The van der Waals surface area contributed by atoms with Crippen LogP contribution in [0, 0.1) is 0 Å². The lowest BCUT2D eigenvalue weighted by atomic mass is 10.1. The van der Waals surface area contributed by atoms with Gasteiger partial charge in [0.1, 0.15) is 0 Å². The smallest absolute Gasteiger partial charge is 0.159 e. The molecular formula is C9H7ClN2O. The molecule has 0 aliphatic rings. The second-order valence-corrected chi connectivity index (χ2v) is 3.07. The molecular weight excluding hydrogens is 188 g/mol. The number of fused-ring (bicyclic) bond motifs is 1. The molecule has 0 bridgehead atoms. The quantitative estimate of drug-likeness (QED) is 0.753. The van der Waals surface area contributed by atoms with E-state index in [4.69, 9.17) is 16.7 Å². The highest BCUT2D eigenvalue weighted by Gasteiger charge is 2.00. The predicted octanol–water partition coefficient (Wildman–Crippen LogP) is 1.78. The van der Waals surface area contributed by atoms with Gasteiger partial charge in [-0.05, 0) is 11.6 Å². The van der Waals surface area contributed by atoms with E-state index in [-0.39, 0.29) is 6.61 Å². The first-order valence-corrected chi connectivity index (χ1v) is 4.20. The first-order chi connectivity index (χ1) is 6.31. The fourth-order valence-electron chi connectivity index (χ4n) is 1.20. The molecule has 2 aromatic rings. The summed E-state index contributed by atoms with van der Waals surface area (Å²) in [6, 6.07) is 5.49. The molecule has 66 valence electrons. The zero-order valence-corrected chi connectivity index (χ0v) is 7.49. The van der Waals surface area contributed by atoms with Crippen molar-refractivity contribution in [1.29, 1.82) is 0 Å². The van der Waals surface area contributed by atoms with E-state index in [0.29, 0.717) is 5.15 Å². The minimum atomic E-state index is 0.0237. The van der Waals surface area contributed by atoms with Gasteiger partial charge in [0.05, 0.1) is 12.8 Å². The van der Waals surface area contributed by atoms with Crippen molar-refractivity contribution in [3.05, 3.63) is 35.1 Å². The summed E-state index contributed by atoms with van der Waals surface area (Å²) in [7, 11) is 0. The topological polar surface area (TPSA) is 46.0 Å². The van der Waals surface area contributed by atoms with E-state index in [1.165, 1.54) is 0 Å². The lowest BCUT2D eigenvalue weighted by Crippen LogP contribution is -1.87. The summed E-state index contributed by atoms with van der Waals surface area (Å²) in [4.78, 5) is 0. The van der Waals surface area contributed by atoms with E-state index in [9.17, 15) is 0 Å². The summed E-state index contributed by atoms with van der Waals surface area (Å²) in [5.41, 5.74) is 0.844. The van der Waals surface area contributed by atoms with Gasteiger partial charge in [0.25, 0.3) is 0 Å². The SMILES string of the molecule is OCc1ccc2c(Cl)nncc2c1. The zero-order chi connectivity index (χ0) is 9.26. The average Bonchev–Trinajstić information content (AvgIpc) is 2.18. The van der Waals surface area contributed by atoms with Gasteiger partial charge >= 0.3 is 0 Å². The van der Waals surface area contributed by atoms with Crippen LogP contribution in [-0.2, 0) is 6.61 Å². The molecule has 0 saturated carbocycles. The zero-order valence-electron chi connectivity index (χ0n) is 6.74. The number of benzene rings is 1. The van der Waals surface area contributed by atoms with E-state index >= 15 is 0 Å². The molecule has 0 saturated heterocycles. The highest BCUT2D eigenvalue weighted by atomic mass is 35.5. The Morgan fingerprint density at radius 2 is 2.23 bits per heavy atom. The van der Waals surface area contributed by atoms with Crippen LogP contribution in [0.5, 0.6) is 0 Å². The van der Waals surface area contributed by atoms with Crippen molar-refractivity contribution >= 4 is 22.4 Å². The standard InChI is InChI=1S/C9H7ClN2O/c10-9-8-2-1-6(5-13)3-7(8)4-11-12-9/h1-4,13H,5H2. The maximum atomic E-state index is 8.90. The molecule has 3 nitrogen and oxygen atoms in total. The van der Waals surface area contributed by atoms with Gasteiger partial charge in [-0.15, -0.1) is 5.10 Å². The minimum absolute atomic E-state index is 0.0237. The summed E-state index contributed by atoms with van der Waals surface area (Å²) < 4.78 is 0. The van der Waals surface area contributed by atoms with Crippen molar-refractivity contribution in [3.63, 3.8) is 0 Å². The fraction of sp³-hybridized carbons (Fsp3) is 0.111. The maximum absolute atomic E-state index is 8.90. The molecule has 1 heterocycles. The van der Waals surface area contributed by atoms with E-state index in [0.717, 1.165) is 16.3 Å². The van der Waals surface area contributed by atoms with Gasteiger partial charge < -0.3 is 5.11 Å². The van der Waals surface area contributed by atoms with Crippen molar-refractivity contribution in [2.45, 2.75) is 6.61 Å². The number of halogens is 1. The second-order valence-electron chi connectivity index (χ2n) is 2.72. The molecule has 0 aliphatic heterocycles. The van der Waals surface area contributed by atoms with Crippen LogP contribution in [0.4, 0.5) is 0 Å². The molecule has 1 aromatic heterocycles. The Morgan fingerprint density at radius 1 is 1.38 bits per heavy atom. The Balaban J connectivity index is 2.72. The fourth-order valence-corrected chi connectivity index (χ4v) is 1.42. The number of rotatable bonds is 1. The molecule has 0 spiro atoms. The van der Waals surface area contributed by atoms with Crippen molar-refractivity contribution in [3.8, 4) is 0 Å². The molecule has 4 heteroatoms. The molecule has 2 rings (SSSR count). The van der Waals surface area contributed by atoms with Crippen LogP contribution in [0.3, 0.4) is 0 Å². The highest BCUT2D eigenvalue weighted by molar-refractivity contribution is 6.34. The van der Waals surface area contributed by atoms with Gasteiger partial charge in [0, 0.05) is 10.8 Å². The number of aliphatic hydroxyl groups excluding tert-OH is 1. The van der Waals surface area contributed by atoms with Crippen LogP contribution in [-0.4, -0.2) is 15.3 Å². The van der Waals surface area contributed by atoms with Crippen molar-refractivity contribution in [2.24, 2.45) is 0 Å². The van der Waals surface area contributed by atoms with Gasteiger partial charge in [-0.1, -0.05) is 23.7 Å². The number of hydrogen-bond acceptors (Lipinski definition) is 3. The third kappa shape index (κ3) is 1.48. The van der Waals surface area contributed by atoms with Crippen LogP contribution in [0.2, 0.25) is 5.15 Å². The van der Waals surface area contributed by atoms with Crippen LogP contribution in [0.15, 0.2) is 24.4 Å². The van der Waals surface area contributed by atoms with Crippen LogP contribution in [0.25, 0.3) is 10.8 Å². The minimum Gasteiger partial charge on any atom is -0.392 e. The first-order valence-electron chi connectivity index (χ1n) is 3.82. The first kappa shape index (κ1) is 8.41. The van der Waals surface area contributed by atoms with E-state index in [1.54, 1.807) is 6.20 Å². The van der Waals surface area contributed by atoms with Crippen molar-refractivity contribution in [1.82, 2.24) is 10.2 Å². The normalized spacial score (nSPS) is 10.6. The van der Waals surface area contributed by atoms with Crippen molar-refractivity contribution < 1.29 is 5.11 Å².